The topological polar surface area (TPSA) is 78.9 Å². The highest BCUT2D eigenvalue weighted by molar-refractivity contribution is 5.71. The molecule has 0 amide bonds. The van der Waals surface area contributed by atoms with Gasteiger partial charge in [-0.25, -0.2) is 0 Å². The molecule has 0 bridgehead atoms. The molecular weight excluding hydrogens is 925 g/mol. The Bertz CT molecular complexity index is 1520. The van der Waals surface area contributed by atoms with Crippen molar-refractivity contribution in [2.45, 2.75) is 297 Å². The van der Waals surface area contributed by atoms with E-state index in [-0.39, 0.29) is 31.1 Å². The molecule has 0 radical (unpaired) electrons. The van der Waals surface area contributed by atoms with Crippen LogP contribution in [0, 0.1) is 0 Å². The highest BCUT2D eigenvalue weighted by Gasteiger charge is 2.19. The second-order valence-electron chi connectivity index (χ2n) is 20.6. The van der Waals surface area contributed by atoms with Gasteiger partial charge in [0, 0.05) is 19.3 Å². The normalized spacial score (nSPS) is 12.8. The molecule has 0 aliphatic rings. The first-order valence-corrected chi connectivity index (χ1v) is 31.4. The van der Waals surface area contributed by atoms with Gasteiger partial charge in [0.1, 0.15) is 13.2 Å². The zero-order chi connectivity index (χ0) is 54.3. The molecule has 0 rings (SSSR count). The Kier molecular flexibility index (Phi) is 59.3. The Labute approximate surface area is 463 Å². The first-order valence-electron chi connectivity index (χ1n) is 31.4. The lowest BCUT2D eigenvalue weighted by atomic mass is 10.1. The van der Waals surface area contributed by atoms with Crippen molar-refractivity contribution >= 4 is 17.9 Å². The van der Waals surface area contributed by atoms with Crippen LogP contribution in [-0.2, 0) is 28.6 Å². The fraction of sp³-hybridized carbons (Fsp3) is 0.696. The summed E-state index contributed by atoms with van der Waals surface area (Å²) in [6.45, 7) is 6.47. The summed E-state index contributed by atoms with van der Waals surface area (Å²) in [5.74, 6) is -0.954. The molecule has 428 valence electrons. The van der Waals surface area contributed by atoms with Gasteiger partial charge >= 0.3 is 17.9 Å². The summed E-state index contributed by atoms with van der Waals surface area (Å²) in [5, 5.41) is 0. The minimum Gasteiger partial charge on any atom is -0.462 e. The van der Waals surface area contributed by atoms with Crippen LogP contribution in [0.2, 0.25) is 0 Å². The monoisotopic (exact) mass is 1040 g/mol. The minimum atomic E-state index is -0.807. The summed E-state index contributed by atoms with van der Waals surface area (Å²) in [7, 11) is 0. The summed E-state index contributed by atoms with van der Waals surface area (Å²) in [5.41, 5.74) is 0. The van der Waals surface area contributed by atoms with Gasteiger partial charge in [-0.3, -0.25) is 14.4 Å². The summed E-state index contributed by atoms with van der Waals surface area (Å²) in [6, 6.07) is 0. The van der Waals surface area contributed by atoms with Crippen molar-refractivity contribution in [3.63, 3.8) is 0 Å². The molecule has 1 unspecified atom stereocenters. The largest absolute Gasteiger partial charge is 0.462 e. The van der Waals surface area contributed by atoms with E-state index in [4.69, 9.17) is 14.2 Å². The average Bonchev–Trinajstić information content (AvgIpc) is 3.41. The maximum atomic E-state index is 12.9. The molecule has 0 aromatic carbocycles. The maximum Gasteiger partial charge on any atom is 0.306 e. The molecule has 0 aromatic rings. The number of esters is 3. The summed E-state index contributed by atoms with van der Waals surface area (Å²) >= 11 is 0. The van der Waals surface area contributed by atoms with Gasteiger partial charge in [0.15, 0.2) is 6.10 Å². The summed E-state index contributed by atoms with van der Waals surface area (Å²) in [4.78, 5) is 38.3. The van der Waals surface area contributed by atoms with Crippen LogP contribution in [0.1, 0.15) is 290 Å². The van der Waals surface area contributed by atoms with Crippen molar-refractivity contribution in [3.05, 3.63) is 109 Å². The fourth-order valence-corrected chi connectivity index (χ4v) is 8.53. The molecule has 0 saturated heterocycles. The van der Waals surface area contributed by atoms with Gasteiger partial charge in [-0.1, -0.05) is 252 Å². The van der Waals surface area contributed by atoms with Gasteiger partial charge < -0.3 is 14.2 Å². The zero-order valence-corrected chi connectivity index (χ0v) is 49.0. The number of hydrogen-bond acceptors (Lipinski definition) is 6. The van der Waals surface area contributed by atoms with Crippen LogP contribution in [0.5, 0.6) is 0 Å². The minimum absolute atomic E-state index is 0.101. The standard InChI is InChI=1S/C69H116O6/c1-4-7-10-13-16-19-22-25-28-30-32-34-36-38-41-44-47-50-53-56-59-62-68(71)74-65-66(64-73-67(70)61-58-55-52-49-46-43-40-27-24-21-18-15-12-9-6-3)75-69(72)63-60-57-54-51-48-45-42-39-37-35-33-31-29-26-23-20-17-14-11-8-5-2/h9,12,18,21-23,25-27,30-33,36,38,40,46,49,66H,4-8,10-11,13-17,19-20,24,28-29,34-35,37,39,41-45,47-48,50-65H2,1-3H3/b12-9-,21-18-,25-22-,26-23-,32-30-,33-31-,38-36-,40-27-,49-46-. The molecule has 0 N–H and O–H groups in total. The number of hydrogen-bond donors (Lipinski definition) is 0. The fourth-order valence-electron chi connectivity index (χ4n) is 8.53. The van der Waals surface area contributed by atoms with E-state index in [1.165, 1.54) is 135 Å². The van der Waals surface area contributed by atoms with E-state index in [1.54, 1.807) is 0 Å². The van der Waals surface area contributed by atoms with Gasteiger partial charge in [0.25, 0.3) is 0 Å². The number of carbonyl (C=O) groups is 3. The first-order chi connectivity index (χ1) is 37.0. The van der Waals surface area contributed by atoms with Crippen molar-refractivity contribution in [1.29, 1.82) is 0 Å². The molecule has 0 heterocycles. The smallest absolute Gasteiger partial charge is 0.306 e. The van der Waals surface area contributed by atoms with E-state index in [1.807, 2.05) is 0 Å². The Balaban J connectivity index is 4.45. The molecule has 0 fully saturated rings. The number of ether oxygens (including phenoxy) is 3. The number of unbranched alkanes of at least 4 members (excludes halogenated alkanes) is 27. The van der Waals surface area contributed by atoms with Crippen LogP contribution < -0.4 is 0 Å². The predicted octanol–water partition coefficient (Wildman–Crippen LogP) is 21.4. The third kappa shape index (κ3) is 60.8. The van der Waals surface area contributed by atoms with Gasteiger partial charge in [0.05, 0.1) is 0 Å². The first kappa shape index (κ1) is 71.1. The van der Waals surface area contributed by atoms with E-state index in [0.717, 1.165) is 116 Å². The van der Waals surface area contributed by atoms with E-state index < -0.39 is 6.10 Å². The average molecular weight is 1040 g/mol. The van der Waals surface area contributed by atoms with Crippen molar-refractivity contribution in [2.75, 3.05) is 13.2 Å². The Hall–Kier alpha value is -3.93. The third-order valence-electron chi connectivity index (χ3n) is 13.2. The Morgan fingerprint density at radius 3 is 0.840 bits per heavy atom. The van der Waals surface area contributed by atoms with Crippen LogP contribution in [0.15, 0.2) is 109 Å². The lowest BCUT2D eigenvalue weighted by molar-refractivity contribution is -0.167. The molecule has 6 nitrogen and oxygen atoms in total. The quantitative estimate of drug-likeness (QED) is 0.0261. The van der Waals surface area contributed by atoms with Gasteiger partial charge in [-0.15, -0.1) is 0 Å². The van der Waals surface area contributed by atoms with Crippen LogP contribution in [0.3, 0.4) is 0 Å². The Morgan fingerprint density at radius 2 is 0.520 bits per heavy atom. The molecule has 6 heteroatoms. The molecule has 0 aliphatic heterocycles. The van der Waals surface area contributed by atoms with Crippen molar-refractivity contribution in [2.24, 2.45) is 0 Å². The van der Waals surface area contributed by atoms with Crippen LogP contribution in [0.25, 0.3) is 0 Å². The van der Waals surface area contributed by atoms with Crippen LogP contribution in [0.4, 0.5) is 0 Å². The van der Waals surface area contributed by atoms with Crippen LogP contribution in [-0.4, -0.2) is 37.2 Å². The van der Waals surface area contributed by atoms with E-state index in [2.05, 4.69) is 130 Å². The van der Waals surface area contributed by atoms with Crippen molar-refractivity contribution in [3.8, 4) is 0 Å². The maximum absolute atomic E-state index is 12.9. The lowest BCUT2D eigenvalue weighted by Crippen LogP contribution is -2.30. The molecule has 1 atom stereocenters. The number of rotatable bonds is 56. The Morgan fingerprint density at radius 1 is 0.280 bits per heavy atom. The lowest BCUT2D eigenvalue weighted by Gasteiger charge is -2.18. The highest BCUT2D eigenvalue weighted by Crippen LogP contribution is 2.15. The van der Waals surface area contributed by atoms with Crippen molar-refractivity contribution in [1.82, 2.24) is 0 Å². The number of carbonyl (C=O) groups excluding carboxylic acids is 3. The zero-order valence-electron chi connectivity index (χ0n) is 49.0. The van der Waals surface area contributed by atoms with E-state index >= 15 is 0 Å². The predicted molar refractivity (Wildman–Crippen MR) is 325 cm³/mol. The van der Waals surface area contributed by atoms with Crippen LogP contribution >= 0.6 is 0 Å². The van der Waals surface area contributed by atoms with E-state index in [0.29, 0.717) is 19.3 Å². The molecular formula is C69H116O6. The third-order valence-corrected chi connectivity index (χ3v) is 13.2. The highest BCUT2D eigenvalue weighted by atomic mass is 16.6. The van der Waals surface area contributed by atoms with E-state index in [9.17, 15) is 14.4 Å². The molecule has 0 spiro atoms. The van der Waals surface area contributed by atoms with Gasteiger partial charge in [-0.2, -0.15) is 0 Å². The van der Waals surface area contributed by atoms with Gasteiger partial charge in [-0.05, 0) is 128 Å². The molecule has 0 saturated carbocycles. The summed E-state index contributed by atoms with van der Waals surface area (Å²) < 4.78 is 16.9. The van der Waals surface area contributed by atoms with Gasteiger partial charge in [0.2, 0.25) is 0 Å². The molecule has 75 heavy (non-hydrogen) atoms. The summed E-state index contributed by atoms with van der Waals surface area (Å²) in [6.07, 6.45) is 85.2. The second-order valence-corrected chi connectivity index (χ2v) is 20.6. The second kappa shape index (κ2) is 62.6. The molecule has 0 aromatic heterocycles. The molecule has 0 aliphatic carbocycles. The number of allylic oxidation sites excluding steroid dienone is 18. The van der Waals surface area contributed by atoms with Crippen molar-refractivity contribution < 1.29 is 28.6 Å². The SMILES string of the molecule is CC/C=C\C/C=C\C/C=C\C/C=C\CCCCC(=O)OCC(COC(=O)CCCCCCCC/C=C\C/C=C\C/C=C\CCCCCCC)OC(=O)CCCCCCCCCCC/C=C\C/C=C\CCCCCCC.